The molecule has 0 heterocycles. The molecule has 1 aromatic rings. The molecule has 1 aliphatic carbocycles. The highest BCUT2D eigenvalue weighted by molar-refractivity contribution is 5.87. The average Bonchev–Trinajstić information content (AvgIpc) is 2.30. The van der Waals surface area contributed by atoms with Crippen LogP contribution in [0.3, 0.4) is 0 Å². The molecular formula is C13H16O2. The summed E-state index contributed by atoms with van der Waals surface area (Å²) in [5.74, 6) is 1.28. The van der Waals surface area contributed by atoms with Crippen molar-refractivity contribution in [3.8, 4) is 5.75 Å². The standard InChI is InChI=1S/C13H16O2/c1-15-13-9-5-3-7-11(13)10-6-2-4-8-12(10)14/h3,5,7,9-10H,2,4,6,8H2,1H3. The molecule has 1 saturated carbocycles. The minimum Gasteiger partial charge on any atom is -0.496 e. The maximum absolute atomic E-state index is 11.8. The number of hydrogen-bond donors (Lipinski definition) is 0. The Balaban J connectivity index is 2.30. The van der Waals surface area contributed by atoms with Gasteiger partial charge in [0.05, 0.1) is 7.11 Å². The van der Waals surface area contributed by atoms with Crippen molar-refractivity contribution in [2.24, 2.45) is 0 Å². The van der Waals surface area contributed by atoms with E-state index in [2.05, 4.69) is 0 Å². The predicted octanol–water partition coefficient (Wildman–Crippen LogP) is 2.92. The van der Waals surface area contributed by atoms with Crippen molar-refractivity contribution in [1.82, 2.24) is 0 Å². The van der Waals surface area contributed by atoms with Crippen LogP contribution >= 0.6 is 0 Å². The molecule has 0 saturated heterocycles. The highest BCUT2D eigenvalue weighted by Gasteiger charge is 2.25. The minimum atomic E-state index is 0.0647. The first kappa shape index (κ1) is 10.2. The second kappa shape index (κ2) is 4.47. The van der Waals surface area contributed by atoms with Crippen LogP contribution in [-0.2, 0) is 4.79 Å². The van der Waals surface area contributed by atoms with Gasteiger partial charge in [-0.1, -0.05) is 24.6 Å². The zero-order chi connectivity index (χ0) is 10.7. The van der Waals surface area contributed by atoms with E-state index in [4.69, 9.17) is 4.74 Å². The molecule has 0 spiro atoms. The van der Waals surface area contributed by atoms with Gasteiger partial charge in [-0.3, -0.25) is 4.79 Å². The minimum absolute atomic E-state index is 0.0647. The molecule has 1 aliphatic rings. The molecular weight excluding hydrogens is 188 g/mol. The largest absolute Gasteiger partial charge is 0.496 e. The summed E-state index contributed by atoms with van der Waals surface area (Å²) in [6.07, 6.45) is 3.89. The van der Waals surface area contributed by atoms with Crippen LogP contribution in [0.5, 0.6) is 5.75 Å². The van der Waals surface area contributed by atoms with E-state index in [1.165, 1.54) is 0 Å². The van der Waals surface area contributed by atoms with Crippen LogP contribution in [0.4, 0.5) is 0 Å². The number of benzene rings is 1. The second-order valence-electron chi connectivity index (χ2n) is 4.01. The maximum Gasteiger partial charge on any atom is 0.140 e. The molecule has 1 unspecified atom stereocenters. The zero-order valence-corrected chi connectivity index (χ0v) is 9.03. The molecule has 2 nitrogen and oxygen atoms in total. The number of carbonyl (C=O) groups is 1. The molecule has 2 rings (SSSR count). The predicted molar refractivity (Wildman–Crippen MR) is 59.2 cm³/mol. The van der Waals surface area contributed by atoms with Crippen LogP contribution < -0.4 is 4.74 Å². The smallest absolute Gasteiger partial charge is 0.140 e. The Labute approximate surface area is 90.3 Å². The molecule has 0 aromatic heterocycles. The molecule has 0 amide bonds. The van der Waals surface area contributed by atoms with E-state index in [-0.39, 0.29) is 5.92 Å². The van der Waals surface area contributed by atoms with E-state index in [9.17, 15) is 4.79 Å². The lowest BCUT2D eigenvalue weighted by Gasteiger charge is -2.22. The third-order valence-electron chi connectivity index (χ3n) is 3.07. The molecule has 15 heavy (non-hydrogen) atoms. The van der Waals surface area contributed by atoms with Crippen LogP contribution in [0.2, 0.25) is 0 Å². The second-order valence-corrected chi connectivity index (χ2v) is 4.01. The molecule has 1 fully saturated rings. The van der Waals surface area contributed by atoms with Gasteiger partial charge in [-0.05, 0) is 18.9 Å². The number of para-hydroxylation sites is 1. The lowest BCUT2D eigenvalue weighted by atomic mass is 9.82. The Morgan fingerprint density at radius 2 is 2.07 bits per heavy atom. The number of rotatable bonds is 2. The van der Waals surface area contributed by atoms with Gasteiger partial charge in [0.25, 0.3) is 0 Å². The Hall–Kier alpha value is -1.31. The Morgan fingerprint density at radius 3 is 2.80 bits per heavy atom. The lowest BCUT2D eigenvalue weighted by molar-refractivity contribution is -0.121. The molecule has 0 aliphatic heterocycles. The summed E-state index contributed by atoms with van der Waals surface area (Å²) in [6, 6.07) is 7.85. The zero-order valence-electron chi connectivity index (χ0n) is 9.03. The van der Waals surface area contributed by atoms with Gasteiger partial charge in [-0.15, -0.1) is 0 Å². The Morgan fingerprint density at radius 1 is 1.27 bits per heavy atom. The Kier molecular flexibility index (Phi) is 3.05. The van der Waals surface area contributed by atoms with Crippen LogP contribution in [0.1, 0.15) is 37.2 Å². The average molecular weight is 204 g/mol. The number of ketones is 1. The van der Waals surface area contributed by atoms with Gasteiger partial charge in [0, 0.05) is 17.9 Å². The summed E-state index contributed by atoms with van der Waals surface area (Å²) in [7, 11) is 1.66. The number of hydrogen-bond acceptors (Lipinski definition) is 2. The van der Waals surface area contributed by atoms with Crippen LogP contribution in [0.25, 0.3) is 0 Å². The topological polar surface area (TPSA) is 26.3 Å². The number of methoxy groups -OCH3 is 1. The van der Waals surface area contributed by atoms with Crippen molar-refractivity contribution >= 4 is 5.78 Å². The van der Waals surface area contributed by atoms with E-state index in [0.29, 0.717) is 5.78 Å². The van der Waals surface area contributed by atoms with Crippen LogP contribution in [0.15, 0.2) is 24.3 Å². The first-order valence-electron chi connectivity index (χ1n) is 5.48. The fraction of sp³-hybridized carbons (Fsp3) is 0.462. The van der Waals surface area contributed by atoms with Crippen molar-refractivity contribution in [2.45, 2.75) is 31.6 Å². The SMILES string of the molecule is COc1ccccc1C1CCCCC1=O. The van der Waals surface area contributed by atoms with E-state index < -0.39 is 0 Å². The fourth-order valence-electron chi connectivity index (χ4n) is 2.27. The maximum atomic E-state index is 11.8. The summed E-state index contributed by atoms with van der Waals surface area (Å²) in [6.45, 7) is 0. The number of Topliss-reactive ketones (excluding diaryl/α,β-unsaturated/α-hetero) is 1. The van der Waals surface area contributed by atoms with Gasteiger partial charge in [0.1, 0.15) is 11.5 Å². The fourth-order valence-corrected chi connectivity index (χ4v) is 2.27. The quantitative estimate of drug-likeness (QED) is 0.740. The molecule has 80 valence electrons. The van der Waals surface area contributed by atoms with E-state index in [0.717, 1.165) is 37.0 Å². The molecule has 0 bridgehead atoms. The van der Waals surface area contributed by atoms with Crippen LogP contribution in [0, 0.1) is 0 Å². The highest BCUT2D eigenvalue weighted by atomic mass is 16.5. The van der Waals surface area contributed by atoms with E-state index in [1.807, 2.05) is 24.3 Å². The van der Waals surface area contributed by atoms with Gasteiger partial charge < -0.3 is 4.74 Å². The molecule has 2 heteroatoms. The van der Waals surface area contributed by atoms with Crippen molar-refractivity contribution in [3.05, 3.63) is 29.8 Å². The summed E-state index contributed by atoms with van der Waals surface area (Å²) < 4.78 is 5.29. The Bertz CT molecular complexity index is 357. The number of carbonyl (C=O) groups excluding carboxylic acids is 1. The third kappa shape index (κ3) is 2.04. The first-order valence-corrected chi connectivity index (χ1v) is 5.48. The van der Waals surface area contributed by atoms with Gasteiger partial charge in [-0.2, -0.15) is 0 Å². The van der Waals surface area contributed by atoms with E-state index >= 15 is 0 Å². The van der Waals surface area contributed by atoms with Crippen molar-refractivity contribution in [1.29, 1.82) is 0 Å². The molecule has 1 atom stereocenters. The van der Waals surface area contributed by atoms with Crippen LogP contribution in [-0.4, -0.2) is 12.9 Å². The summed E-state index contributed by atoms with van der Waals surface area (Å²) >= 11 is 0. The van der Waals surface area contributed by atoms with Crippen molar-refractivity contribution in [3.63, 3.8) is 0 Å². The van der Waals surface area contributed by atoms with Crippen molar-refractivity contribution in [2.75, 3.05) is 7.11 Å². The van der Waals surface area contributed by atoms with Gasteiger partial charge in [-0.25, -0.2) is 0 Å². The first-order chi connectivity index (χ1) is 7.33. The van der Waals surface area contributed by atoms with Gasteiger partial charge >= 0.3 is 0 Å². The van der Waals surface area contributed by atoms with E-state index in [1.54, 1.807) is 7.11 Å². The monoisotopic (exact) mass is 204 g/mol. The van der Waals surface area contributed by atoms with Gasteiger partial charge in [0.15, 0.2) is 0 Å². The molecule has 1 aromatic carbocycles. The van der Waals surface area contributed by atoms with Crippen molar-refractivity contribution < 1.29 is 9.53 Å². The summed E-state index contributed by atoms with van der Waals surface area (Å²) in [5.41, 5.74) is 1.06. The van der Waals surface area contributed by atoms with Gasteiger partial charge in [0.2, 0.25) is 0 Å². The normalized spacial score (nSPS) is 21.4. The lowest BCUT2D eigenvalue weighted by Crippen LogP contribution is -2.17. The third-order valence-corrected chi connectivity index (χ3v) is 3.07. The molecule has 0 radical (unpaired) electrons. The number of ether oxygens (including phenoxy) is 1. The molecule has 0 N–H and O–H groups in total. The summed E-state index contributed by atoms with van der Waals surface area (Å²) in [4.78, 5) is 11.8. The summed E-state index contributed by atoms with van der Waals surface area (Å²) in [5, 5.41) is 0. The highest BCUT2D eigenvalue weighted by Crippen LogP contribution is 2.34.